The van der Waals surface area contributed by atoms with Gasteiger partial charge in [-0.15, -0.1) is 0 Å². The lowest BCUT2D eigenvalue weighted by atomic mass is 10.2. The van der Waals surface area contributed by atoms with Gasteiger partial charge in [-0.05, 0) is 6.42 Å². The average molecular weight is 142 g/mol. The second-order valence-electron chi connectivity index (χ2n) is 2.14. The zero-order valence-corrected chi connectivity index (χ0v) is 6.21. The topological polar surface area (TPSA) is 69.1 Å². The van der Waals surface area contributed by atoms with E-state index in [4.69, 9.17) is 11.5 Å². The number of nitrogens with two attached hydrogens (primary N) is 2. The summed E-state index contributed by atoms with van der Waals surface area (Å²) in [5, 5.41) is 0. The van der Waals surface area contributed by atoms with Crippen molar-refractivity contribution in [2.24, 2.45) is 11.5 Å². The van der Waals surface area contributed by atoms with Crippen LogP contribution in [0.25, 0.3) is 0 Å². The molecule has 3 heteroatoms. The van der Waals surface area contributed by atoms with Crippen LogP contribution >= 0.6 is 0 Å². The van der Waals surface area contributed by atoms with Crippen LogP contribution in [0.1, 0.15) is 19.8 Å². The SMILES string of the molecule is CCC/C=C/C(N)C(N)=O. The second kappa shape index (κ2) is 4.99. The summed E-state index contributed by atoms with van der Waals surface area (Å²) >= 11 is 0. The first kappa shape index (κ1) is 9.17. The second-order valence-corrected chi connectivity index (χ2v) is 2.14. The molecule has 0 aliphatic rings. The van der Waals surface area contributed by atoms with Gasteiger partial charge in [0.15, 0.2) is 0 Å². The third kappa shape index (κ3) is 4.09. The van der Waals surface area contributed by atoms with E-state index >= 15 is 0 Å². The molecule has 0 radical (unpaired) electrons. The normalized spacial score (nSPS) is 13.8. The number of hydrogen-bond acceptors (Lipinski definition) is 2. The van der Waals surface area contributed by atoms with Gasteiger partial charge in [-0.1, -0.05) is 25.5 Å². The van der Waals surface area contributed by atoms with Gasteiger partial charge in [-0.3, -0.25) is 4.79 Å². The molecular formula is C7H14N2O. The van der Waals surface area contributed by atoms with Gasteiger partial charge < -0.3 is 11.5 Å². The number of rotatable bonds is 4. The molecule has 10 heavy (non-hydrogen) atoms. The van der Waals surface area contributed by atoms with Crippen molar-refractivity contribution in [2.75, 3.05) is 0 Å². The van der Waals surface area contributed by atoms with Gasteiger partial charge in [-0.2, -0.15) is 0 Å². The van der Waals surface area contributed by atoms with Gasteiger partial charge in [0.05, 0.1) is 0 Å². The van der Waals surface area contributed by atoms with E-state index in [-0.39, 0.29) is 0 Å². The number of amides is 1. The summed E-state index contributed by atoms with van der Waals surface area (Å²) in [6.07, 6.45) is 5.50. The Bertz CT molecular complexity index is 132. The highest BCUT2D eigenvalue weighted by Gasteiger charge is 2.01. The molecule has 0 saturated carbocycles. The van der Waals surface area contributed by atoms with E-state index in [1.807, 2.05) is 6.08 Å². The van der Waals surface area contributed by atoms with Crippen molar-refractivity contribution in [3.8, 4) is 0 Å². The molecule has 0 rings (SSSR count). The largest absolute Gasteiger partial charge is 0.368 e. The van der Waals surface area contributed by atoms with E-state index in [2.05, 4.69) is 6.92 Å². The molecule has 0 spiro atoms. The van der Waals surface area contributed by atoms with Crippen molar-refractivity contribution >= 4 is 5.91 Å². The lowest BCUT2D eigenvalue weighted by molar-refractivity contribution is -0.118. The molecular weight excluding hydrogens is 128 g/mol. The van der Waals surface area contributed by atoms with Gasteiger partial charge in [-0.25, -0.2) is 0 Å². The van der Waals surface area contributed by atoms with E-state index in [9.17, 15) is 4.79 Å². The standard InChI is InChI=1S/C7H14N2O/c1-2-3-4-5-6(8)7(9)10/h4-6H,2-3,8H2,1H3,(H2,9,10)/b5-4+. The van der Waals surface area contributed by atoms with Crippen LogP contribution in [-0.2, 0) is 4.79 Å². The summed E-state index contributed by atoms with van der Waals surface area (Å²) in [6.45, 7) is 2.06. The summed E-state index contributed by atoms with van der Waals surface area (Å²) < 4.78 is 0. The minimum absolute atomic E-state index is 0.479. The number of allylic oxidation sites excluding steroid dienone is 1. The summed E-state index contributed by atoms with van der Waals surface area (Å²) in [5.41, 5.74) is 10.2. The van der Waals surface area contributed by atoms with E-state index in [1.165, 1.54) is 0 Å². The fourth-order valence-electron chi connectivity index (χ4n) is 0.504. The van der Waals surface area contributed by atoms with Crippen molar-refractivity contribution < 1.29 is 4.79 Å². The molecule has 0 aliphatic heterocycles. The molecule has 3 nitrogen and oxygen atoms in total. The molecule has 1 atom stereocenters. The molecule has 0 aromatic heterocycles. The van der Waals surface area contributed by atoms with Crippen LogP contribution in [-0.4, -0.2) is 11.9 Å². The Morgan fingerprint density at radius 1 is 1.70 bits per heavy atom. The molecule has 0 aromatic carbocycles. The number of unbranched alkanes of at least 4 members (excludes halogenated alkanes) is 1. The lowest BCUT2D eigenvalue weighted by Crippen LogP contribution is -2.34. The highest BCUT2D eigenvalue weighted by atomic mass is 16.1. The van der Waals surface area contributed by atoms with Crippen LogP contribution in [0.4, 0.5) is 0 Å². The summed E-state index contributed by atoms with van der Waals surface area (Å²) in [6, 6.07) is -0.619. The van der Waals surface area contributed by atoms with Crippen molar-refractivity contribution in [3.63, 3.8) is 0 Å². The summed E-state index contributed by atoms with van der Waals surface area (Å²) in [4.78, 5) is 10.3. The van der Waals surface area contributed by atoms with Gasteiger partial charge >= 0.3 is 0 Å². The summed E-state index contributed by atoms with van der Waals surface area (Å²) in [7, 11) is 0. The van der Waals surface area contributed by atoms with Crippen LogP contribution in [0, 0.1) is 0 Å². The maximum absolute atomic E-state index is 10.3. The zero-order valence-electron chi connectivity index (χ0n) is 6.21. The molecule has 0 heterocycles. The van der Waals surface area contributed by atoms with Crippen molar-refractivity contribution in [2.45, 2.75) is 25.8 Å². The van der Waals surface area contributed by atoms with Crippen LogP contribution in [0.3, 0.4) is 0 Å². The molecule has 0 aliphatic carbocycles. The van der Waals surface area contributed by atoms with Gasteiger partial charge in [0.25, 0.3) is 0 Å². The third-order valence-corrected chi connectivity index (χ3v) is 1.13. The Balaban J connectivity index is 3.55. The Labute approximate surface area is 61.1 Å². The number of carbonyl (C=O) groups excluding carboxylic acids is 1. The van der Waals surface area contributed by atoms with Gasteiger partial charge in [0.2, 0.25) is 5.91 Å². The molecule has 0 fully saturated rings. The van der Waals surface area contributed by atoms with E-state index < -0.39 is 11.9 Å². The predicted octanol–water partition coefficient (Wildman–Crippen LogP) is 0.155. The Hall–Kier alpha value is -0.830. The van der Waals surface area contributed by atoms with Crippen molar-refractivity contribution in [1.29, 1.82) is 0 Å². The lowest BCUT2D eigenvalue weighted by Gasteiger charge is -1.97. The zero-order chi connectivity index (χ0) is 7.98. The van der Waals surface area contributed by atoms with E-state index in [0.29, 0.717) is 0 Å². The monoisotopic (exact) mass is 142 g/mol. The fraction of sp³-hybridized carbons (Fsp3) is 0.571. The minimum atomic E-state index is -0.619. The number of primary amides is 1. The smallest absolute Gasteiger partial charge is 0.238 e. The highest BCUT2D eigenvalue weighted by Crippen LogP contribution is 1.89. The van der Waals surface area contributed by atoms with E-state index in [0.717, 1.165) is 12.8 Å². The quantitative estimate of drug-likeness (QED) is 0.549. The highest BCUT2D eigenvalue weighted by molar-refractivity contribution is 5.81. The first-order valence-electron chi connectivity index (χ1n) is 3.40. The Kier molecular flexibility index (Phi) is 4.58. The number of carbonyl (C=O) groups is 1. The average Bonchev–Trinajstić information content (AvgIpc) is 1.88. The predicted molar refractivity (Wildman–Crippen MR) is 41.2 cm³/mol. The van der Waals surface area contributed by atoms with Crippen LogP contribution < -0.4 is 11.5 Å². The van der Waals surface area contributed by atoms with Crippen LogP contribution in [0.15, 0.2) is 12.2 Å². The molecule has 1 unspecified atom stereocenters. The van der Waals surface area contributed by atoms with Gasteiger partial charge in [0.1, 0.15) is 6.04 Å². The summed E-state index contributed by atoms with van der Waals surface area (Å²) in [5.74, 6) is -0.479. The minimum Gasteiger partial charge on any atom is -0.368 e. The number of hydrogen-bond donors (Lipinski definition) is 2. The maximum Gasteiger partial charge on any atom is 0.238 e. The maximum atomic E-state index is 10.3. The third-order valence-electron chi connectivity index (χ3n) is 1.13. The molecule has 0 saturated heterocycles. The molecule has 58 valence electrons. The van der Waals surface area contributed by atoms with Gasteiger partial charge in [0, 0.05) is 0 Å². The molecule has 4 N–H and O–H groups in total. The molecule has 1 amide bonds. The molecule has 0 aromatic rings. The first-order valence-corrected chi connectivity index (χ1v) is 3.40. The Morgan fingerprint density at radius 2 is 2.30 bits per heavy atom. The van der Waals surface area contributed by atoms with Crippen LogP contribution in [0.5, 0.6) is 0 Å². The van der Waals surface area contributed by atoms with Crippen molar-refractivity contribution in [1.82, 2.24) is 0 Å². The van der Waals surface area contributed by atoms with Crippen molar-refractivity contribution in [3.05, 3.63) is 12.2 Å². The van der Waals surface area contributed by atoms with E-state index in [1.54, 1.807) is 6.08 Å². The first-order chi connectivity index (χ1) is 4.68. The fourth-order valence-corrected chi connectivity index (χ4v) is 0.504. The molecule has 0 bridgehead atoms. The Morgan fingerprint density at radius 3 is 2.70 bits per heavy atom. The van der Waals surface area contributed by atoms with Crippen LogP contribution in [0.2, 0.25) is 0 Å².